The van der Waals surface area contributed by atoms with Crippen LogP contribution in [0, 0.1) is 11.3 Å². The fourth-order valence-electron chi connectivity index (χ4n) is 2.18. The molecule has 0 saturated heterocycles. The molecule has 0 fully saturated rings. The minimum Gasteiger partial charge on any atom is -0.493 e. The Labute approximate surface area is 159 Å². The molecule has 8 heteroatoms. The van der Waals surface area contributed by atoms with Crippen molar-refractivity contribution < 1.29 is 23.0 Å². The molecular weight excluding hydrogens is 374 g/mol. The van der Waals surface area contributed by atoms with E-state index in [2.05, 4.69) is 5.32 Å². The number of halogens is 2. The SMILES string of the molecule is COc1ccc(C=C(C#N)C(=O)Nc2ccc(SC(F)F)cc2)cc1OC. The second-order valence-electron chi connectivity index (χ2n) is 5.14. The van der Waals surface area contributed by atoms with Crippen molar-refractivity contribution in [3.05, 3.63) is 53.6 Å². The number of alkyl halides is 2. The molecule has 2 aromatic carbocycles. The number of amides is 1. The summed E-state index contributed by atoms with van der Waals surface area (Å²) in [6.07, 6.45) is 1.41. The average molecular weight is 390 g/mol. The Balaban J connectivity index is 2.16. The largest absolute Gasteiger partial charge is 0.493 e. The standard InChI is InChI=1S/C19H16F2N2O3S/c1-25-16-8-3-12(10-17(16)26-2)9-13(11-22)18(24)23-14-4-6-15(7-5-14)27-19(20)21/h3-10,19H,1-2H3,(H,23,24). The number of nitrogens with zero attached hydrogens (tertiary/aromatic N) is 1. The maximum atomic E-state index is 12.3. The van der Waals surface area contributed by atoms with Gasteiger partial charge in [0.05, 0.1) is 14.2 Å². The van der Waals surface area contributed by atoms with Gasteiger partial charge in [0.25, 0.3) is 11.7 Å². The first-order valence-corrected chi connectivity index (χ1v) is 8.55. The Morgan fingerprint density at radius 1 is 1.15 bits per heavy atom. The van der Waals surface area contributed by atoms with Crippen LogP contribution in [0.3, 0.4) is 0 Å². The minimum atomic E-state index is -2.51. The van der Waals surface area contributed by atoms with Gasteiger partial charge in [0.15, 0.2) is 11.5 Å². The van der Waals surface area contributed by atoms with Gasteiger partial charge < -0.3 is 14.8 Å². The molecule has 2 aromatic rings. The Morgan fingerprint density at radius 3 is 2.37 bits per heavy atom. The third-order valence-corrected chi connectivity index (χ3v) is 4.14. The molecule has 0 spiro atoms. The van der Waals surface area contributed by atoms with E-state index >= 15 is 0 Å². The highest BCUT2D eigenvalue weighted by Crippen LogP contribution is 2.29. The van der Waals surface area contributed by atoms with E-state index in [1.165, 1.54) is 44.6 Å². The zero-order valence-corrected chi connectivity index (χ0v) is 15.3. The molecule has 140 valence electrons. The van der Waals surface area contributed by atoms with Crippen molar-refractivity contribution in [1.29, 1.82) is 5.26 Å². The van der Waals surface area contributed by atoms with Gasteiger partial charge in [-0.25, -0.2) is 0 Å². The number of methoxy groups -OCH3 is 2. The van der Waals surface area contributed by atoms with E-state index in [1.54, 1.807) is 18.2 Å². The molecule has 27 heavy (non-hydrogen) atoms. The predicted octanol–water partition coefficient (Wildman–Crippen LogP) is 4.56. The predicted molar refractivity (Wildman–Crippen MR) is 100 cm³/mol. The van der Waals surface area contributed by atoms with Crippen LogP contribution in [-0.4, -0.2) is 25.9 Å². The van der Waals surface area contributed by atoms with Crippen molar-refractivity contribution in [2.24, 2.45) is 0 Å². The fourth-order valence-corrected chi connectivity index (χ4v) is 2.67. The first kappa shape index (κ1) is 20.3. The highest BCUT2D eigenvalue weighted by Gasteiger charge is 2.11. The lowest BCUT2D eigenvalue weighted by Crippen LogP contribution is -2.13. The lowest BCUT2D eigenvalue weighted by molar-refractivity contribution is -0.112. The molecule has 1 amide bonds. The molecule has 0 atom stereocenters. The van der Waals surface area contributed by atoms with Crippen LogP contribution in [0.4, 0.5) is 14.5 Å². The zero-order valence-electron chi connectivity index (χ0n) is 14.5. The molecule has 2 rings (SSSR count). The van der Waals surface area contributed by atoms with Crippen molar-refractivity contribution in [2.75, 3.05) is 19.5 Å². The van der Waals surface area contributed by atoms with E-state index in [-0.39, 0.29) is 5.57 Å². The molecule has 0 aromatic heterocycles. The van der Waals surface area contributed by atoms with Gasteiger partial charge in [0, 0.05) is 10.6 Å². The van der Waals surface area contributed by atoms with Crippen LogP contribution < -0.4 is 14.8 Å². The van der Waals surface area contributed by atoms with E-state index in [0.29, 0.717) is 39.4 Å². The number of hydrogen-bond acceptors (Lipinski definition) is 5. The number of carbonyl (C=O) groups is 1. The van der Waals surface area contributed by atoms with E-state index in [0.717, 1.165) is 0 Å². The normalized spacial score (nSPS) is 11.0. The van der Waals surface area contributed by atoms with E-state index in [9.17, 15) is 18.8 Å². The summed E-state index contributed by atoms with van der Waals surface area (Å²) in [5.74, 6) is -2.13. The number of nitriles is 1. The molecule has 0 aliphatic carbocycles. The first-order chi connectivity index (χ1) is 13.0. The van der Waals surface area contributed by atoms with Crippen molar-refractivity contribution in [3.8, 4) is 17.6 Å². The summed E-state index contributed by atoms with van der Waals surface area (Å²) in [4.78, 5) is 12.7. The van der Waals surface area contributed by atoms with Crippen LogP contribution in [0.25, 0.3) is 6.08 Å². The van der Waals surface area contributed by atoms with E-state index in [1.807, 2.05) is 6.07 Å². The monoisotopic (exact) mass is 390 g/mol. The van der Waals surface area contributed by atoms with Crippen molar-refractivity contribution >= 4 is 29.4 Å². The second kappa shape index (κ2) is 9.59. The molecule has 1 N–H and O–H groups in total. The summed E-state index contributed by atoms with van der Waals surface area (Å²) in [5.41, 5.74) is 0.864. The summed E-state index contributed by atoms with van der Waals surface area (Å²) in [5, 5.41) is 11.8. The minimum absolute atomic E-state index is 0.117. The van der Waals surface area contributed by atoms with E-state index < -0.39 is 11.7 Å². The molecule has 0 unspecified atom stereocenters. The molecule has 0 saturated carbocycles. The smallest absolute Gasteiger partial charge is 0.288 e. The van der Waals surface area contributed by atoms with Crippen molar-refractivity contribution in [1.82, 2.24) is 0 Å². The number of benzene rings is 2. The van der Waals surface area contributed by atoms with Crippen LogP contribution in [0.15, 0.2) is 52.9 Å². The highest BCUT2D eigenvalue weighted by molar-refractivity contribution is 7.99. The third-order valence-electron chi connectivity index (χ3n) is 3.42. The fraction of sp³-hybridized carbons (Fsp3) is 0.158. The van der Waals surface area contributed by atoms with Gasteiger partial charge in [0.1, 0.15) is 11.6 Å². The van der Waals surface area contributed by atoms with Gasteiger partial charge >= 0.3 is 0 Å². The van der Waals surface area contributed by atoms with E-state index in [4.69, 9.17) is 9.47 Å². The van der Waals surface area contributed by atoms with Gasteiger partial charge in [-0.15, -0.1) is 0 Å². The summed E-state index contributed by atoms with van der Waals surface area (Å²) < 4.78 is 35.0. The molecule has 5 nitrogen and oxygen atoms in total. The van der Waals surface area contributed by atoms with Crippen LogP contribution in [-0.2, 0) is 4.79 Å². The lowest BCUT2D eigenvalue weighted by atomic mass is 10.1. The number of anilines is 1. The molecule has 0 aliphatic rings. The average Bonchev–Trinajstić information content (AvgIpc) is 2.66. The number of nitrogens with one attached hydrogen (secondary N) is 1. The lowest BCUT2D eigenvalue weighted by Gasteiger charge is -2.08. The van der Waals surface area contributed by atoms with Gasteiger partial charge in [-0.1, -0.05) is 17.8 Å². The van der Waals surface area contributed by atoms with Crippen LogP contribution in [0.2, 0.25) is 0 Å². The topological polar surface area (TPSA) is 71.3 Å². The number of ether oxygens (including phenoxy) is 2. The highest BCUT2D eigenvalue weighted by atomic mass is 32.2. The molecule has 0 heterocycles. The van der Waals surface area contributed by atoms with Crippen LogP contribution in [0.5, 0.6) is 11.5 Å². The maximum Gasteiger partial charge on any atom is 0.288 e. The third kappa shape index (κ3) is 5.72. The summed E-state index contributed by atoms with van der Waals surface area (Å²) in [6, 6.07) is 12.8. The van der Waals surface area contributed by atoms with Gasteiger partial charge in [-0.2, -0.15) is 14.0 Å². The van der Waals surface area contributed by atoms with Gasteiger partial charge in [-0.3, -0.25) is 4.79 Å². The van der Waals surface area contributed by atoms with Crippen LogP contribution >= 0.6 is 11.8 Å². The number of rotatable bonds is 7. The zero-order chi connectivity index (χ0) is 19.8. The van der Waals surface area contributed by atoms with Crippen LogP contribution in [0.1, 0.15) is 5.56 Å². The quantitative estimate of drug-likeness (QED) is 0.426. The molecule has 0 bridgehead atoms. The summed E-state index contributed by atoms with van der Waals surface area (Å²) >= 11 is 0.413. The Morgan fingerprint density at radius 2 is 1.81 bits per heavy atom. The number of thioether (sulfide) groups is 1. The Bertz CT molecular complexity index is 878. The Kier molecular flexibility index (Phi) is 7.20. The number of carbonyl (C=O) groups excluding carboxylic acids is 1. The maximum absolute atomic E-state index is 12.3. The van der Waals surface area contributed by atoms with Crippen molar-refractivity contribution in [3.63, 3.8) is 0 Å². The second-order valence-corrected chi connectivity index (χ2v) is 6.20. The molecular formula is C19H16F2N2O3S. The van der Waals surface area contributed by atoms with Gasteiger partial charge in [-0.05, 0) is 48.0 Å². The van der Waals surface area contributed by atoms with Gasteiger partial charge in [0.2, 0.25) is 0 Å². The first-order valence-electron chi connectivity index (χ1n) is 7.67. The Hall–Kier alpha value is -3.05. The van der Waals surface area contributed by atoms with Crippen molar-refractivity contribution in [2.45, 2.75) is 10.7 Å². The molecule has 0 aliphatic heterocycles. The molecule has 0 radical (unpaired) electrons. The summed E-state index contributed by atoms with van der Waals surface area (Å²) in [6.45, 7) is 0. The number of hydrogen-bond donors (Lipinski definition) is 1. The summed E-state index contributed by atoms with van der Waals surface area (Å²) in [7, 11) is 2.99.